The quantitative estimate of drug-likeness (QED) is 0.849. The monoisotopic (exact) mass is 314 g/mol. The van der Waals surface area contributed by atoms with Crippen LogP contribution in [0.3, 0.4) is 0 Å². The van der Waals surface area contributed by atoms with Crippen LogP contribution in [0.2, 0.25) is 0 Å². The molecule has 126 valence electrons. The number of carbonyl (C=O) groups excluding carboxylic acids is 1. The van der Waals surface area contributed by atoms with E-state index in [1.165, 1.54) is 23.1 Å². The highest BCUT2D eigenvalue weighted by Gasteiger charge is 2.32. The fourth-order valence-electron chi connectivity index (χ4n) is 3.80. The zero-order valence-electron chi connectivity index (χ0n) is 14.8. The van der Waals surface area contributed by atoms with Gasteiger partial charge in [0.15, 0.2) is 0 Å². The van der Waals surface area contributed by atoms with Crippen molar-refractivity contribution in [1.82, 2.24) is 9.80 Å². The van der Waals surface area contributed by atoms with E-state index in [9.17, 15) is 4.79 Å². The highest BCUT2D eigenvalue weighted by Crippen LogP contribution is 2.29. The summed E-state index contributed by atoms with van der Waals surface area (Å²) < 4.78 is 0. The lowest BCUT2D eigenvalue weighted by atomic mass is 9.84. The maximum Gasteiger partial charge on any atom is 0.225 e. The molecule has 3 rings (SSSR count). The predicted molar refractivity (Wildman–Crippen MR) is 94.3 cm³/mol. The summed E-state index contributed by atoms with van der Waals surface area (Å²) in [6.45, 7) is 7.60. The highest BCUT2D eigenvalue weighted by atomic mass is 16.2. The molecule has 2 fully saturated rings. The number of benzene rings is 1. The molecule has 1 aliphatic heterocycles. The molecule has 0 unspecified atom stereocenters. The van der Waals surface area contributed by atoms with Gasteiger partial charge in [0.25, 0.3) is 0 Å². The van der Waals surface area contributed by atoms with Crippen LogP contribution in [0, 0.1) is 19.8 Å². The summed E-state index contributed by atoms with van der Waals surface area (Å²) in [5.74, 6) is 0.720. The van der Waals surface area contributed by atoms with Crippen LogP contribution in [0.5, 0.6) is 0 Å². The second kappa shape index (κ2) is 7.04. The Labute approximate surface area is 140 Å². The lowest BCUT2D eigenvalue weighted by Gasteiger charge is -2.39. The highest BCUT2D eigenvalue weighted by molar-refractivity contribution is 5.79. The number of rotatable bonds is 4. The Morgan fingerprint density at radius 2 is 1.87 bits per heavy atom. The van der Waals surface area contributed by atoms with Gasteiger partial charge in [0.05, 0.1) is 0 Å². The molecule has 0 spiro atoms. The van der Waals surface area contributed by atoms with Gasteiger partial charge in [-0.2, -0.15) is 0 Å². The van der Waals surface area contributed by atoms with Gasteiger partial charge in [0.2, 0.25) is 5.91 Å². The van der Waals surface area contributed by atoms with Gasteiger partial charge in [-0.25, -0.2) is 0 Å². The van der Waals surface area contributed by atoms with E-state index in [-0.39, 0.29) is 0 Å². The summed E-state index contributed by atoms with van der Waals surface area (Å²) in [4.78, 5) is 17.0. The first-order valence-electron chi connectivity index (χ1n) is 9.10. The Balaban J connectivity index is 1.52. The number of amides is 1. The summed E-state index contributed by atoms with van der Waals surface area (Å²) in [5.41, 5.74) is 4.17. The molecule has 1 saturated heterocycles. The smallest absolute Gasteiger partial charge is 0.225 e. The van der Waals surface area contributed by atoms with Crippen LogP contribution < -0.4 is 0 Å². The Bertz CT molecular complexity index is 557. The average molecular weight is 314 g/mol. The van der Waals surface area contributed by atoms with Gasteiger partial charge in [-0.1, -0.05) is 30.2 Å². The lowest BCUT2D eigenvalue weighted by Crippen LogP contribution is -2.48. The molecule has 0 bridgehead atoms. The maximum absolute atomic E-state index is 12.4. The Kier molecular flexibility index (Phi) is 5.05. The number of piperidine rings is 1. The van der Waals surface area contributed by atoms with Crippen molar-refractivity contribution in [3.8, 4) is 0 Å². The third-order valence-electron chi connectivity index (χ3n) is 5.81. The average Bonchev–Trinajstić information content (AvgIpc) is 2.49. The van der Waals surface area contributed by atoms with E-state index in [2.05, 4.69) is 41.8 Å². The molecule has 0 radical (unpaired) electrons. The number of hydrogen-bond donors (Lipinski definition) is 0. The van der Waals surface area contributed by atoms with E-state index < -0.39 is 0 Å². The van der Waals surface area contributed by atoms with Crippen LogP contribution in [0.4, 0.5) is 0 Å². The first-order valence-corrected chi connectivity index (χ1v) is 9.10. The predicted octanol–water partition coefficient (Wildman–Crippen LogP) is 3.53. The van der Waals surface area contributed by atoms with Crippen LogP contribution in [0.15, 0.2) is 18.2 Å². The van der Waals surface area contributed by atoms with Crippen molar-refractivity contribution in [2.45, 2.75) is 58.5 Å². The summed E-state index contributed by atoms with van der Waals surface area (Å²) in [6.07, 6.45) is 5.67. The first-order chi connectivity index (χ1) is 11.0. The fourth-order valence-corrected chi connectivity index (χ4v) is 3.80. The van der Waals surface area contributed by atoms with Crippen molar-refractivity contribution in [3.63, 3.8) is 0 Å². The second-order valence-corrected chi connectivity index (χ2v) is 7.51. The van der Waals surface area contributed by atoms with Crippen molar-refractivity contribution in [2.75, 3.05) is 20.1 Å². The van der Waals surface area contributed by atoms with Crippen molar-refractivity contribution in [3.05, 3.63) is 34.9 Å². The molecule has 3 nitrogen and oxygen atoms in total. The lowest BCUT2D eigenvalue weighted by molar-refractivity contribution is -0.139. The summed E-state index contributed by atoms with van der Waals surface area (Å²) in [7, 11) is 2.02. The topological polar surface area (TPSA) is 23.6 Å². The minimum atomic E-state index is 0.327. The summed E-state index contributed by atoms with van der Waals surface area (Å²) in [5, 5.41) is 0. The summed E-state index contributed by atoms with van der Waals surface area (Å²) in [6, 6.07) is 7.17. The Morgan fingerprint density at radius 3 is 2.48 bits per heavy atom. The van der Waals surface area contributed by atoms with Gasteiger partial charge in [0.1, 0.15) is 0 Å². The van der Waals surface area contributed by atoms with Gasteiger partial charge < -0.3 is 4.90 Å². The largest absolute Gasteiger partial charge is 0.342 e. The molecule has 1 saturated carbocycles. The van der Waals surface area contributed by atoms with E-state index in [1.807, 2.05) is 7.05 Å². The molecule has 2 aliphatic rings. The number of hydrogen-bond acceptors (Lipinski definition) is 2. The second-order valence-electron chi connectivity index (χ2n) is 7.51. The first kappa shape index (κ1) is 16.5. The van der Waals surface area contributed by atoms with E-state index >= 15 is 0 Å². The van der Waals surface area contributed by atoms with Gasteiger partial charge in [0, 0.05) is 38.6 Å². The molecule has 1 aromatic rings. The third-order valence-corrected chi connectivity index (χ3v) is 5.81. The van der Waals surface area contributed by atoms with Crippen molar-refractivity contribution in [1.29, 1.82) is 0 Å². The zero-order valence-corrected chi connectivity index (χ0v) is 14.8. The molecular formula is C20H30N2O. The molecule has 1 aliphatic carbocycles. The maximum atomic E-state index is 12.4. The molecule has 0 aromatic heterocycles. The van der Waals surface area contributed by atoms with Crippen LogP contribution >= 0.6 is 0 Å². The SMILES string of the molecule is Cc1ccc(C)c(CN2CCC(N(C)C(=O)C3CCC3)CC2)c1. The Hall–Kier alpha value is -1.35. The standard InChI is InChI=1S/C20H30N2O/c1-15-7-8-16(2)18(13-15)14-22-11-9-19(10-12-22)21(3)20(23)17-5-4-6-17/h7-8,13,17,19H,4-6,9-12,14H2,1-3H3. The number of likely N-dealkylation sites (tertiary alicyclic amines) is 1. The molecule has 1 aromatic carbocycles. The van der Waals surface area contributed by atoms with Crippen LogP contribution in [-0.2, 0) is 11.3 Å². The molecule has 23 heavy (non-hydrogen) atoms. The van der Waals surface area contributed by atoms with E-state index in [1.54, 1.807) is 0 Å². The van der Waals surface area contributed by atoms with Gasteiger partial charge in [-0.05, 0) is 50.7 Å². The molecule has 0 N–H and O–H groups in total. The van der Waals surface area contributed by atoms with Crippen LogP contribution in [0.25, 0.3) is 0 Å². The Morgan fingerprint density at radius 1 is 1.17 bits per heavy atom. The minimum absolute atomic E-state index is 0.327. The molecule has 1 amide bonds. The van der Waals surface area contributed by atoms with E-state index in [4.69, 9.17) is 0 Å². The van der Waals surface area contributed by atoms with Crippen molar-refractivity contribution >= 4 is 5.91 Å². The molecule has 0 atom stereocenters. The number of nitrogens with zero attached hydrogens (tertiary/aromatic N) is 2. The van der Waals surface area contributed by atoms with E-state index in [0.29, 0.717) is 17.9 Å². The molecular weight excluding hydrogens is 284 g/mol. The fraction of sp³-hybridized carbons (Fsp3) is 0.650. The van der Waals surface area contributed by atoms with Crippen molar-refractivity contribution in [2.24, 2.45) is 5.92 Å². The van der Waals surface area contributed by atoms with Gasteiger partial charge in [-0.3, -0.25) is 9.69 Å². The van der Waals surface area contributed by atoms with Crippen LogP contribution in [0.1, 0.15) is 48.8 Å². The molecule has 1 heterocycles. The third kappa shape index (κ3) is 3.77. The normalized spacial score (nSPS) is 20.3. The molecule has 3 heteroatoms. The van der Waals surface area contributed by atoms with Crippen LogP contribution in [-0.4, -0.2) is 41.9 Å². The number of carbonyl (C=O) groups is 1. The minimum Gasteiger partial charge on any atom is -0.342 e. The van der Waals surface area contributed by atoms with E-state index in [0.717, 1.165) is 45.3 Å². The van der Waals surface area contributed by atoms with Crippen molar-refractivity contribution < 1.29 is 4.79 Å². The van der Waals surface area contributed by atoms with Gasteiger partial charge >= 0.3 is 0 Å². The van der Waals surface area contributed by atoms with Gasteiger partial charge in [-0.15, -0.1) is 0 Å². The number of aryl methyl sites for hydroxylation is 2. The zero-order chi connectivity index (χ0) is 16.4. The summed E-state index contributed by atoms with van der Waals surface area (Å²) >= 11 is 0.